The Hall–Kier alpha value is -1.93. The number of epoxide rings is 1. The van der Waals surface area contributed by atoms with Crippen LogP contribution in [0.15, 0.2) is 60.7 Å². The fourth-order valence-electron chi connectivity index (χ4n) is 2.03. The monoisotopic (exact) mass is 224 g/mol. The third kappa shape index (κ3) is 1.67. The van der Waals surface area contributed by atoms with Crippen molar-refractivity contribution in [2.24, 2.45) is 0 Å². The van der Waals surface area contributed by atoms with Crippen molar-refractivity contribution in [2.45, 2.75) is 5.60 Å². The van der Waals surface area contributed by atoms with E-state index in [2.05, 4.69) is 0 Å². The van der Waals surface area contributed by atoms with Gasteiger partial charge in [0, 0.05) is 5.56 Å². The predicted molar refractivity (Wildman–Crippen MR) is 64.8 cm³/mol. The Morgan fingerprint density at radius 3 is 2.00 bits per heavy atom. The SMILES string of the molecule is O=C(c1ccccc1)C1(c2ccccc2)CO1. The lowest BCUT2D eigenvalue weighted by Gasteiger charge is -2.10. The molecule has 1 aliphatic heterocycles. The number of hydrogen-bond acceptors (Lipinski definition) is 2. The van der Waals surface area contributed by atoms with Crippen LogP contribution in [0, 0.1) is 0 Å². The molecule has 0 aromatic heterocycles. The molecule has 0 N–H and O–H groups in total. The van der Waals surface area contributed by atoms with Crippen molar-refractivity contribution in [3.8, 4) is 0 Å². The van der Waals surface area contributed by atoms with Gasteiger partial charge in [-0.3, -0.25) is 4.79 Å². The molecule has 1 heterocycles. The molecule has 2 aromatic rings. The molecule has 0 aliphatic carbocycles. The molecule has 84 valence electrons. The van der Waals surface area contributed by atoms with Crippen molar-refractivity contribution in [1.82, 2.24) is 0 Å². The second-order valence-corrected chi connectivity index (χ2v) is 4.18. The minimum Gasteiger partial charge on any atom is -0.356 e. The van der Waals surface area contributed by atoms with E-state index in [1.54, 1.807) is 0 Å². The van der Waals surface area contributed by atoms with E-state index in [1.807, 2.05) is 60.7 Å². The van der Waals surface area contributed by atoms with Crippen LogP contribution >= 0.6 is 0 Å². The molecule has 0 spiro atoms. The van der Waals surface area contributed by atoms with Crippen LogP contribution in [0.2, 0.25) is 0 Å². The van der Waals surface area contributed by atoms with Gasteiger partial charge in [0.05, 0.1) is 6.61 Å². The van der Waals surface area contributed by atoms with Crippen LogP contribution in [0.3, 0.4) is 0 Å². The Labute approximate surface area is 99.9 Å². The summed E-state index contributed by atoms with van der Waals surface area (Å²) >= 11 is 0. The lowest BCUT2D eigenvalue weighted by Crippen LogP contribution is -2.22. The summed E-state index contributed by atoms with van der Waals surface area (Å²) in [6, 6.07) is 19.0. The van der Waals surface area contributed by atoms with Crippen LogP contribution < -0.4 is 0 Å². The third-order valence-corrected chi connectivity index (χ3v) is 3.08. The molecule has 1 fully saturated rings. The number of ether oxygens (including phenoxy) is 1. The second kappa shape index (κ2) is 3.82. The van der Waals surface area contributed by atoms with Gasteiger partial charge in [-0.05, 0) is 5.56 Å². The summed E-state index contributed by atoms with van der Waals surface area (Å²) in [5.41, 5.74) is 0.908. The Bertz CT molecular complexity index is 527. The van der Waals surface area contributed by atoms with Crippen LogP contribution in [0.25, 0.3) is 0 Å². The van der Waals surface area contributed by atoms with Crippen molar-refractivity contribution in [3.05, 3.63) is 71.8 Å². The predicted octanol–water partition coefficient (Wildman–Crippen LogP) is 2.80. The van der Waals surface area contributed by atoms with Gasteiger partial charge in [-0.25, -0.2) is 0 Å². The van der Waals surface area contributed by atoms with Gasteiger partial charge in [-0.2, -0.15) is 0 Å². The number of benzene rings is 2. The Balaban J connectivity index is 1.98. The number of ketones is 1. The molecule has 3 rings (SSSR count). The standard InChI is InChI=1S/C15H12O2/c16-14(12-7-3-1-4-8-12)15(11-17-15)13-9-5-2-6-10-13/h1-10H,11H2. The Morgan fingerprint density at radius 2 is 1.47 bits per heavy atom. The van der Waals surface area contributed by atoms with E-state index in [-0.39, 0.29) is 5.78 Å². The topological polar surface area (TPSA) is 29.6 Å². The van der Waals surface area contributed by atoms with Crippen molar-refractivity contribution in [2.75, 3.05) is 6.61 Å². The van der Waals surface area contributed by atoms with E-state index >= 15 is 0 Å². The second-order valence-electron chi connectivity index (χ2n) is 4.18. The third-order valence-electron chi connectivity index (χ3n) is 3.08. The maximum Gasteiger partial charge on any atom is 0.201 e. The molecule has 17 heavy (non-hydrogen) atoms. The first kappa shape index (κ1) is 10.2. The first-order valence-corrected chi connectivity index (χ1v) is 5.62. The smallest absolute Gasteiger partial charge is 0.201 e. The Morgan fingerprint density at radius 1 is 0.941 bits per heavy atom. The molecule has 2 nitrogen and oxygen atoms in total. The molecule has 0 radical (unpaired) electrons. The van der Waals surface area contributed by atoms with Gasteiger partial charge in [0.1, 0.15) is 0 Å². The molecule has 1 atom stereocenters. The first-order chi connectivity index (χ1) is 8.33. The first-order valence-electron chi connectivity index (χ1n) is 5.62. The lowest BCUT2D eigenvalue weighted by molar-refractivity contribution is 0.0871. The van der Waals surface area contributed by atoms with Gasteiger partial charge in [-0.1, -0.05) is 60.7 Å². The van der Waals surface area contributed by atoms with Crippen LogP contribution in [0.5, 0.6) is 0 Å². The fourth-order valence-corrected chi connectivity index (χ4v) is 2.03. The van der Waals surface area contributed by atoms with Crippen molar-refractivity contribution < 1.29 is 9.53 Å². The van der Waals surface area contributed by atoms with Gasteiger partial charge in [0.25, 0.3) is 0 Å². The number of carbonyl (C=O) groups excluding carboxylic acids is 1. The van der Waals surface area contributed by atoms with Gasteiger partial charge in [0.15, 0.2) is 5.60 Å². The number of hydrogen-bond donors (Lipinski definition) is 0. The molecule has 1 saturated heterocycles. The molecule has 0 saturated carbocycles. The van der Waals surface area contributed by atoms with E-state index < -0.39 is 5.60 Å². The maximum absolute atomic E-state index is 12.4. The summed E-state index contributed by atoms with van der Waals surface area (Å²) in [5.74, 6) is 0.0456. The molecule has 2 aromatic carbocycles. The highest BCUT2D eigenvalue weighted by Crippen LogP contribution is 2.41. The summed E-state index contributed by atoms with van der Waals surface area (Å²) in [6.07, 6.45) is 0. The number of Topliss-reactive ketones (excluding diaryl/α,β-unsaturated/α-hetero) is 1. The Kier molecular flexibility index (Phi) is 2.30. The summed E-state index contributed by atoms with van der Waals surface area (Å²) < 4.78 is 5.45. The van der Waals surface area contributed by atoms with Crippen LogP contribution in [0.1, 0.15) is 15.9 Å². The molecular formula is C15H12O2. The molecule has 1 unspecified atom stereocenters. The van der Waals surface area contributed by atoms with Gasteiger partial charge >= 0.3 is 0 Å². The van der Waals surface area contributed by atoms with Gasteiger partial charge < -0.3 is 4.74 Å². The van der Waals surface area contributed by atoms with E-state index in [0.717, 1.165) is 5.56 Å². The molecular weight excluding hydrogens is 212 g/mol. The van der Waals surface area contributed by atoms with Crippen LogP contribution in [-0.4, -0.2) is 12.4 Å². The summed E-state index contributed by atoms with van der Waals surface area (Å²) in [6.45, 7) is 0.477. The van der Waals surface area contributed by atoms with E-state index in [0.29, 0.717) is 12.2 Å². The highest BCUT2D eigenvalue weighted by Gasteiger charge is 2.53. The minimum atomic E-state index is -0.734. The van der Waals surface area contributed by atoms with E-state index in [9.17, 15) is 4.79 Å². The van der Waals surface area contributed by atoms with Crippen LogP contribution in [-0.2, 0) is 10.3 Å². The average Bonchev–Trinajstić information content (AvgIpc) is 3.21. The lowest BCUT2D eigenvalue weighted by atomic mass is 9.91. The fraction of sp³-hybridized carbons (Fsp3) is 0.133. The zero-order valence-corrected chi connectivity index (χ0v) is 9.30. The highest BCUT2D eigenvalue weighted by molar-refractivity contribution is 6.04. The average molecular weight is 224 g/mol. The van der Waals surface area contributed by atoms with Crippen molar-refractivity contribution in [3.63, 3.8) is 0 Å². The largest absolute Gasteiger partial charge is 0.356 e. The van der Waals surface area contributed by atoms with Crippen molar-refractivity contribution >= 4 is 5.78 Å². The molecule has 0 bridgehead atoms. The van der Waals surface area contributed by atoms with E-state index in [4.69, 9.17) is 4.74 Å². The minimum absolute atomic E-state index is 0.0456. The quantitative estimate of drug-likeness (QED) is 0.592. The summed E-state index contributed by atoms with van der Waals surface area (Å²) in [7, 11) is 0. The molecule has 0 amide bonds. The van der Waals surface area contributed by atoms with E-state index in [1.165, 1.54) is 0 Å². The van der Waals surface area contributed by atoms with Gasteiger partial charge in [0.2, 0.25) is 5.78 Å². The zero-order valence-electron chi connectivity index (χ0n) is 9.30. The molecule has 2 heteroatoms. The van der Waals surface area contributed by atoms with Crippen molar-refractivity contribution in [1.29, 1.82) is 0 Å². The summed E-state index contributed by atoms with van der Waals surface area (Å²) in [4.78, 5) is 12.4. The summed E-state index contributed by atoms with van der Waals surface area (Å²) in [5, 5.41) is 0. The zero-order chi connectivity index (χ0) is 11.7. The number of rotatable bonds is 3. The van der Waals surface area contributed by atoms with Crippen LogP contribution in [0.4, 0.5) is 0 Å². The normalized spacial score (nSPS) is 22.1. The number of carbonyl (C=O) groups is 1. The highest BCUT2D eigenvalue weighted by atomic mass is 16.6. The van der Waals surface area contributed by atoms with Gasteiger partial charge in [-0.15, -0.1) is 0 Å². The maximum atomic E-state index is 12.4. The molecule has 1 aliphatic rings.